The number of hydroxylamine groups is 2. The molecule has 11 heteroatoms. The summed E-state index contributed by atoms with van der Waals surface area (Å²) in [7, 11) is 1.83. The van der Waals surface area contributed by atoms with E-state index in [-0.39, 0.29) is 46.5 Å². The molecule has 4 rings (SSSR count). The minimum absolute atomic E-state index is 0.00626. The molecular weight excluding hydrogens is 522 g/mol. The summed E-state index contributed by atoms with van der Waals surface area (Å²) in [5, 5.41) is 13.5. The molecule has 10 nitrogen and oxygen atoms in total. The van der Waals surface area contributed by atoms with E-state index in [1.165, 1.54) is 11.0 Å². The number of nitrogens with zero attached hydrogens (tertiary/aromatic N) is 3. The molecule has 0 aliphatic carbocycles. The highest BCUT2D eigenvalue weighted by Crippen LogP contribution is 2.54. The fourth-order valence-corrected chi connectivity index (χ4v) is 5.36. The SMILES string of the molecule is CN(C)C(=O)c1ccc(-c2cccc(CN3OC(COS(C)(C)C(C)(C)C)C4COC(=O)[C@H]43)c2)c([N+](=O)[O-])c1. The van der Waals surface area contributed by atoms with Gasteiger partial charge in [0.1, 0.15) is 12.1 Å². The average Bonchev–Trinajstić information content (AvgIpc) is 3.41. The van der Waals surface area contributed by atoms with Crippen LogP contribution in [0.3, 0.4) is 0 Å². The van der Waals surface area contributed by atoms with Crippen molar-refractivity contribution >= 4 is 27.9 Å². The summed E-state index contributed by atoms with van der Waals surface area (Å²) in [5.74, 6) is -0.773. The molecule has 0 spiro atoms. The number of hydrogen-bond acceptors (Lipinski definition) is 8. The first-order valence-corrected chi connectivity index (χ1v) is 15.1. The molecule has 2 heterocycles. The van der Waals surface area contributed by atoms with Crippen molar-refractivity contribution in [2.24, 2.45) is 5.92 Å². The third-order valence-corrected chi connectivity index (χ3v) is 11.2. The smallest absolute Gasteiger partial charge is 0.326 e. The van der Waals surface area contributed by atoms with E-state index >= 15 is 0 Å². The van der Waals surface area contributed by atoms with E-state index < -0.39 is 21.3 Å². The fourth-order valence-electron chi connectivity index (χ4n) is 4.53. The lowest BCUT2D eigenvalue weighted by atomic mass is 9.97. The molecular formula is C28H37N3O7S. The lowest BCUT2D eigenvalue weighted by Crippen LogP contribution is -2.34. The summed E-state index contributed by atoms with van der Waals surface area (Å²) >= 11 is 0. The number of hydrogen-bond donors (Lipinski definition) is 0. The quantitative estimate of drug-likeness (QED) is 0.266. The Morgan fingerprint density at radius 1 is 1.21 bits per heavy atom. The lowest BCUT2D eigenvalue weighted by Gasteiger charge is -2.44. The number of fused-ring (bicyclic) bond motifs is 1. The largest absolute Gasteiger partial charge is 0.464 e. The number of cyclic esters (lactones) is 1. The maximum Gasteiger partial charge on any atom is 0.326 e. The van der Waals surface area contributed by atoms with Crippen LogP contribution in [0.5, 0.6) is 0 Å². The van der Waals surface area contributed by atoms with E-state index in [1.54, 1.807) is 37.4 Å². The van der Waals surface area contributed by atoms with Gasteiger partial charge in [-0.15, -0.1) is 10.3 Å². The molecule has 2 aromatic carbocycles. The zero-order valence-electron chi connectivity index (χ0n) is 23.5. The molecule has 2 unspecified atom stereocenters. The Bertz CT molecular complexity index is 1270. The van der Waals surface area contributed by atoms with Gasteiger partial charge in [-0.25, -0.2) is 0 Å². The molecule has 2 aliphatic rings. The highest BCUT2D eigenvalue weighted by atomic mass is 32.3. The Kier molecular flexibility index (Phi) is 8.09. The van der Waals surface area contributed by atoms with Crippen LogP contribution < -0.4 is 0 Å². The lowest BCUT2D eigenvalue weighted by molar-refractivity contribution is -0.384. The highest BCUT2D eigenvalue weighted by Gasteiger charge is 2.53. The fraction of sp³-hybridized carbons (Fsp3) is 0.500. The van der Waals surface area contributed by atoms with E-state index in [4.69, 9.17) is 13.8 Å². The average molecular weight is 560 g/mol. The molecule has 212 valence electrons. The van der Waals surface area contributed by atoms with E-state index in [1.807, 2.05) is 18.2 Å². The second kappa shape index (κ2) is 10.9. The number of carbonyl (C=O) groups is 2. The normalized spacial score (nSPS) is 21.9. The summed E-state index contributed by atoms with van der Waals surface area (Å²) < 4.78 is 11.7. The minimum atomic E-state index is -1.37. The third kappa shape index (κ3) is 5.96. The van der Waals surface area contributed by atoms with Crippen LogP contribution >= 0.6 is 10.3 Å². The molecule has 1 amide bonds. The zero-order valence-corrected chi connectivity index (χ0v) is 24.3. The van der Waals surface area contributed by atoms with Crippen LogP contribution in [0.25, 0.3) is 11.1 Å². The molecule has 0 saturated carbocycles. The number of carbonyl (C=O) groups excluding carboxylic acids is 2. The topological polar surface area (TPSA) is 111 Å². The Labute approximate surface area is 230 Å². The first-order chi connectivity index (χ1) is 18.2. The van der Waals surface area contributed by atoms with Crippen LogP contribution in [0.1, 0.15) is 36.7 Å². The van der Waals surface area contributed by atoms with Crippen LogP contribution in [-0.2, 0) is 25.1 Å². The molecule has 2 aliphatic heterocycles. The molecule has 2 saturated heterocycles. The number of nitro benzene ring substituents is 1. The zero-order chi connectivity index (χ0) is 28.7. The molecule has 0 radical (unpaired) electrons. The number of esters is 1. The van der Waals surface area contributed by atoms with Gasteiger partial charge in [-0.05, 0) is 41.8 Å². The molecule has 0 bridgehead atoms. The second-order valence-electron chi connectivity index (χ2n) is 11.5. The molecule has 2 aromatic rings. The molecule has 0 N–H and O–H groups in total. The van der Waals surface area contributed by atoms with Crippen molar-refractivity contribution in [2.45, 2.75) is 44.2 Å². The summed E-state index contributed by atoms with van der Waals surface area (Å²) in [5.41, 5.74) is 1.93. The standard InChI is InChI=1S/C28H37N3O7S/c1-28(2,3)39(6,7)37-17-24-22-16-36-27(33)25(22)30(38-24)15-18-9-8-10-19(13-18)21-12-11-20(26(32)29(4)5)14-23(21)31(34)35/h8-14,22,24-25H,15-17H2,1-7H3/t22?,24?,25-/m0/s1. The second-order valence-corrected chi connectivity index (χ2v) is 15.4. The van der Waals surface area contributed by atoms with Gasteiger partial charge in [0.15, 0.2) is 0 Å². The monoisotopic (exact) mass is 559 g/mol. The Morgan fingerprint density at radius 3 is 2.56 bits per heavy atom. The Hall–Kier alpha value is -2.99. The number of nitro groups is 1. The number of benzene rings is 2. The van der Waals surface area contributed by atoms with Crippen molar-refractivity contribution in [2.75, 3.05) is 39.8 Å². The Balaban J connectivity index is 1.56. The van der Waals surface area contributed by atoms with Crippen molar-refractivity contribution < 1.29 is 28.3 Å². The maximum atomic E-state index is 12.6. The van der Waals surface area contributed by atoms with Crippen molar-refractivity contribution in [3.63, 3.8) is 0 Å². The first-order valence-electron chi connectivity index (χ1n) is 12.8. The van der Waals surface area contributed by atoms with Gasteiger partial charge in [-0.2, -0.15) is 5.06 Å². The number of rotatable bonds is 8. The van der Waals surface area contributed by atoms with Crippen LogP contribution in [0.15, 0.2) is 42.5 Å². The van der Waals surface area contributed by atoms with E-state index in [2.05, 4.69) is 33.3 Å². The predicted octanol–water partition coefficient (Wildman–Crippen LogP) is 4.42. The summed E-state index contributed by atoms with van der Waals surface area (Å²) in [6.07, 6.45) is 3.93. The third-order valence-electron chi connectivity index (χ3n) is 7.55. The molecule has 3 atom stereocenters. The van der Waals surface area contributed by atoms with Gasteiger partial charge in [-0.3, -0.25) is 24.5 Å². The van der Waals surface area contributed by atoms with Crippen molar-refractivity contribution in [1.82, 2.24) is 9.96 Å². The van der Waals surface area contributed by atoms with Crippen molar-refractivity contribution in [3.05, 3.63) is 63.7 Å². The van der Waals surface area contributed by atoms with Gasteiger partial charge in [0.25, 0.3) is 11.6 Å². The first kappa shape index (κ1) is 29.0. The Morgan fingerprint density at radius 2 is 1.92 bits per heavy atom. The van der Waals surface area contributed by atoms with Crippen LogP contribution in [0.4, 0.5) is 5.69 Å². The number of amides is 1. The van der Waals surface area contributed by atoms with Crippen molar-refractivity contribution in [1.29, 1.82) is 0 Å². The van der Waals surface area contributed by atoms with Gasteiger partial charge in [0.05, 0.1) is 36.2 Å². The van der Waals surface area contributed by atoms with Gasteiger partial charge in [0, 0.05) is 30.5 Å². The maximum absolute atomic E-state index is 12.6. The molecule has 2 fully saturated rings. The van der Waals surface area contributed by atoms with Gasteiger partial charge in [-0.1, -0.05) is 39.0 Å². The van der Waals surface area contributed by atoms with E-state index in [0.717, 1.165) is 5.56 Å². The highest BCUT2D eigenvalue weighted by molar-refractivity contribution is 8.29. The molecule has 39 heavy (non-hydrogen) atoms. The van der Waals surface area contributed by atoms with Crippen molar-refractivity contribution in [3.8, 4) is 11.1 Å². The van der Waals surface area contributed by atoms with Gasteiger partial charge in [0.2, 0.25) is 0 Å². The van der Waals surface area contributed by atoms with E-state index in [0.29, 0.717) is 24.3 Å². The molecule has 0 aromatic heterocycles. The summed E-state index contributed by atoms with van der Waals surface area (Å²) in [4.78, 5) is 44.0. The van der Waals surface area contributed by atoms with E-state index in [9.17, 15) is 19.7 Å². The minimum Gasteiger partial charge on any atom is -0.464 e. The van der Waals surface area contributed by atoms with Gasteiger partial charge < -0.3 is 13.8 Å². The van der Waals surface area contributed by atoms with Crippen LogP contribution in [0.2, 0.25) is 0 Å². The van der Waals surface area contributed by atoms with Crippen LogP contribution in [0, 0.1) is 16.0 Å². The van der Waals surface area contributed by atoms with Crippen LogP contribution in [-0.4, -0.2) is 83.5 Å². The number of ether oxygens (including phenoxy) is 1. The van der Waals surface area contributed by atoms with Gasteiger partial charge >= 0.3 is 5.97 Å². The summed E-state index contributed by atoms with van der Waals surface area (Å²) in [6.45, 7) is 7.39. The summed E-state index contributed by atoms with van der Waals surface area (Å²) in [6, 6.07) is 11.3. The predicted molar refractivity (Wildman–Crippen MR) is 150 cm³/mol.